The van der Waals surface area contributed by atoms with Gasteiger partial charge in [0.05, 0.1) is 16.6 Å². The highest BCUT2D eigenvalue weighted by Crippen LogP contribution is 2.26. The number of aryl methyl sites for hydroxylation is 1. The fraction of sp³-hybridized carbons (Fsp3) is 0.231. The van der Waals surface area contributed by atoms with Crippen molar-refractivity contribution < 1.29 is 4.79 Å². The minimum Gasteiger partial charge on any atom is -0.318 e. The van der Waals surface area contributed by atoms with E-state index < -0.39 is 0 Å². The summed E-state index contributed by atoms with van der Waals surface area (Å²) in [6.07, 6.45) is 0. The number of hydrogen-bond donors (Lipinski definition) is 1. The Kier molecular flexibility index (Phi) is 3.36. The first-order valence-electron chi connectivity index (χ1n) is 5.38. The number of hydrogen-bond acceptors (Lipinski definition) is 4. The van der Waals surface area contributed by atoms with Crippen molar-refractivity contribution in [1.29, 1.82) is 0 Å². The summed E-state index contributed by atoms with van der Waals surface area (Å²) < 4.78 is 0. The van der Waals surface area contributed by atoms with Crippen LogP contribution >= 0.6 is 11.3 Å². The molecule has 4 heteroatoms. The van der Waals surface area contributed by atoms with Crippen molar-refractivity contribution in [3.8, 4) is 0 Å². The lowest BCUT2D eigenvalue weighted by Gasteiger charge is -2.07. The smallest absolute Gasteiger partial charge is 0.171 e. The van der Waals surface area contributed by atoms with E-state index in [1.807, 2.05) is 37.3 Å². The van der Waals surface area contributed by atoms with Crippen molar-refractivity contribution in [2.75, 3.05) is 0 Å². The molecule has 1 aromatic carbocycles. The molecule has 0 saturated heterocycles. The van der Waals surface area contributed by atoms with Crippen molar-refractivity contribution >= 4 is 17.1 Å². The number of nitrogens with two attached hydrogens (primary N) is 1. The van der Waals surface area contributed by atoms with Crippen molar-refractivity contribution in [3.05, 3.63) is 51.5 Å². The largest absolute Gasteiger partial charge is 0.318 e. The zero-order valence-corrected chi connectivity index (χ0v) is 10.6. The lowest BCUT2D eigenvalue weighted by Crippen LogP contribution is -2.11. The SMILES string of the molecule is CC(=O)c1sc(C(N)c2ccccc2)nc1C. The predicted molar refractivity (Wildman–Crippen MR) is 69.3 cm³/mol. The molecule has 0 aliphatic carbocycles. The summed E-state index contributed by atoms with van der Waals surface area (Å²) in [6, 6.07) is 9.52. The van der Waals surface area contributed by atoms with Gasteiger partial charge in [0.2, 0.25) is 0 Å². The third kappa shape index (κ3) is 2.43. The second-order valence-corrected chi connectivity index (χ2v) is 4.94. The first-order valence-corrected chi connectivity index (χ1v) is 6.20. The van der Waals surface area contributed by atoms with Gasteiger partial charge in [-0.15, -0.1) is 11.3 Å². The molecular formula is C13H14N2OS. The summed E-state index contributed by atoms with van der Waals surface area (Å²) >= 11 is 1.38. The van der Waals surface area contributed by atoms with Gasteiger partial charge in [-0.3, -0.25) is 4.79 Å². The van der Waals surface area contributed by atoms with E-state index in [4.69, 9.17) is 5.73 Å². The van der Waals surface area contributed by atoms with E-state index in [1.54, 1.807) is 6.92 Å². The molecule has 1 aromatic heterocycles. The number of thiazole rings is 1. The third-order valence-electron chi connectivity index (χ3n) is 2.56. The van der Waals surface area contributed by atoms with Gasteiger partial charge >= 0.3 is 0 Å². The zero-order chi connectivity index (χ0) is 12.4. The molecule has 0 aliphatic heterocycles. The van der Waals surface area contributed by atoms with E-state index in [0.29, 0.717) is 4.88 Å². The molecule has 1 atom stereocenters. The minimum absolute atomic E-state index is 0.0477. The molecule has 17 heavy (non-hydrogen) atoms. The lowest BCUT2D eigenvalue weighted by atomic mass is 10.1. The van der Waals surface area contributed by atoms with E-state index in [0.717, 1.165) is 16.3 Å². The number of ketones is 1. The van der Waals surface area contributed by atoms with Gasteiger partial charge in [-0.05, 0) is 12.5 Å². The van der Waals surface area contributed by atoms with Crippen LogP contribution in [0.25, 0.3) is 0 Å². The predicted octanol–water partition coefficient (Wildman–Crippen LogP) is 2.70. The first-order chi connectivity index (χ1) is 8.09. The van der Waals surface area contributed by atoms with E-state index in [9.17, 15) is 4.79 Å². The van der Waals surface area contributed by atoms with Gasteiger partial charge in [0.15, 0.2) is 5.78 Å². The van der Waals surface area contributed by atoms with Gasteiger partial charge in [-0.25, -0.2) is 4.98 Å². The van der Waals surface area contributed by atoms with Crippen LogP contribution < -0.4 is 5.73 Å². The van der Waals surface area contributed by atoms with Gasteiger partial charge in [0.1, 0.15) is 5.01 Å². The molecule has 2 aromatic rings. The summed E-state index contributed by atoms with van der Waals surface area (Å²) in [5, 5.41) is 0.791. The van der Waals surface area contributed by atoms with E-state index in [-0.39, 0.29) is 11.8 Å². The molecule has 0 saturated carbocycles. The molecule has 1 heterocycles. The van der Waals surface area contributed by atoms with Crippen LogP contribution in [0.15, 0.2) is 30.3 Å². The molecule has 0 aliphatic rings. The van der Waals surface area contributed by atoms with Gasteiger partial charge < -0.3 is 5.73 Å². The summed E-state index contributed by atoms with van der Waals surface area (Å²) in [5.74, 6) is 0.0477. The summed E-state index contributed by atoms with van der Waals surface area (Å²) in [5.41, 5.74) is 7.91. The molecule has 0 radical (unpaired) electrons. The van der Waals surface area contributed by atoms with Gasteiger partial charge in [-0.2, -0.15) is 0 Å². The molecule has 0 amide bonds. The molecule has 1 unspecified atom stereocenters. The number of aromatic nitrogens is 1. The van der Waals surface area contributed by atoms with Crippen molar-refractivity contribution in [2.45, 2.75) is 19.9 Å². The van der Waals surface area contributed by atoms with Crippen LogP contribution in [0, 0.1) is 6.92 Å². The van der Waals surface area contributed by atoms with Crippen LogP contribution in [-0.2, 0) is 0 Å². The molecule has 3 nitrogen and oxygen atoms in total. The highest BCUT2D eigenvalue weighted by atomic mass is 32.1. The maximum absolute atomic E-state index is 11.4. The Hall–Kier alpha value is -1.52. The Bertz CT molecular complexity index is 534. The molecule has 0 fully saturated rings. The monoisotopic (exact) mass is 246 g/mol. The highest BCUT2D eigenvalue weighted by molar-refractivity contribution is 7.13. The van der Waals surface area contributed by atoms with Crippen LogP contribution in [0.4, 0.5) is 0 Å². The Balaban J connectivity index is 2.35. The number of carbonyl (C=O) groups is 1. The first kappa shape index (κ1) is 12.0. The second kappa shape index (κ2) is 4.77. The third-order valence-corrected chi connectivity index (χ3v) is 3.90. The van der Waals surface area contributed by atoms with E-state index in [1.165, 1.54) is 11.3 Å². The normalized spacial score (nSPS) is 12.4. The molecule has 2 rings (SSSR count). The zero-order valence-electron chi connectivity index (χ0n) is 9.81. The van der Waals surface area contributed by atoms with E-state index >= 15 is 0 Å². The van der Waals surface area contributed by atoms with Crippen LogP contribution in [0.5, 0.6) is 0 Å². The topological polar surface area (TPSA) is 56.0 Å². The average molecular weight is 246 g/mol. The lowest BCUT2D eigenvalue weighted by molar-refractivity contribution is 0.102. The quantitative estimate of drug-likeness (QED) is 0.847. The summed E-state index contributed by atoms with van der Waals surface area (Å²) in [4.78, 5) is 16.4. The van der Waals surface area contributed by atoms with Crippen molar-refractivity contribution in [2.24, 2.45) is 5.73 Å². The number of nitrogens with zero attached hydrogens (tertiary/aromatic N) is 1. The van der Waals surface area contributed by atoms with Gasteiger partial charge in [0, 0.05) is 6.92 Å². The van der Waals surface area contributed by atoms with Crippen molar-refractivity contribution in [3.63, 3.8) is 0 Å². The molecule has 2 N–H and O–H groups in total. The van der Waals surface area contributed by atoms with Crippen LogP contribution in [0.3, 0.4) is 0 Å². The molecule has 0 spiro atoms. The minimum atomic E-state index is -0.256. The Morgan fingerprint density at radius 2 is 2.00 bits per heavy atom. The summed E-state index contributed by atoms with van der Waals surface area (Å²) in [7, 11) is 0. The average Bonchev–Trinajstić information content (AvgIpc) is 2.71. The maximum atomic E-state index is 11.4. The van der Waals surface area contributed by atoms with Crippen LogP contribution in [0.2, 0.25) is 0 Å². The summed E-state index contributed by atoms with van der Waals surface area (Å²) in [6.45, 7) is 3.40. The molecule has 88 valence electrons. The highest BCUT2D eigenvalue weighted by Gasteiger charge is 2.17. The number of benzene rings is 1. The number of carbonyl (C=O) groups excluding carboxylic acids is 1. The second-order valence-electron chi connectivity index (χ2n) is 3.91. The molecular weight excluding hydrogens is 232 g/mol. The Labute approximate surface area is 104 Å². The standard InChI is InChI=1S/C13H14N2OS/c1-8-12(9(2)16)17-13(15-8)11(14)10-6-4-3-5-7-10/h3-7,11H,14H2,1-2H3. The van der Waals surface area contributed by atoms with Crippen molar-refractivity contribution in [1.82, 2.24) is 4.98 Å². The Morgan fingerprint density at radius 1 is 1.35 bits per heavy atom. The van der Waals surface area contributed by atoms with Crippen LogP contribution in [-0.4, -0.2) is 10.8 Å². The maximum Gasteiger partial charge on any atom is 0.171 e. The number of Topliss-reactive ketones (excluding diaryl/α,β-unsaturated/α-hetero) is 1. The number of rotatable bonds is 3. The van der Waals surface area contributed by atoms with E-state index in [2.05, 4.69) is 4.98 Å². The fourth-order valence-electron chi connectivity index (χ4n) is 1.68. The van der Waals surface area contributed by atoms with Gasteiger partial charge in [-0.1, -0.05) is 30.3 Å². The van der Waals surface area contributed by atoms with Gasteiger partial charge in [0.25, 0.3) is 0 Å². The van der Waals surface area contributed by atoms with Crippen LogP contribution in [0.1, 0.15) is 38.9 Å². The Morgan fingerprint density at radius 3 is 2.53 bits per heavy atom. The molecule has 0 bridgehead atoms. The fourth-order valence-corrected chi connectivity index (χ4v) is 2.67.